The van der Waals surface area contributed by atoms with Crippen LogP contribution in [0.25, 0.3) is 22.5 Å². The minimum absolute atomic E-state index is 0.149. The van der Waals surface area contributed by atoms with Gasteiger partial charge in [-0.15, -0.1) is 5.10 Å². The topological polar surface area (TPSA) is 118 Å². The van der Waals surface area contributed by atoms with Gasteiger partial charge in [0.2, 0.25) is 0 Å². The number of likely N-dealkylation sites (tertiary alicyclic amines) is 1. The van der Waals surface area contributed by atoms with Crippen LogP contribution in [0.3, 0.4) is 0 Å². The van der Waals surface area contributed by atoms with Gasteiger partial charge in [0.25, 0.3) is 0 Å². The highest BCUT2D eigenvalue weighted by atomic mass is 32.2. The van der Waals surface area contributed by atoms with E-state index in [0.717, 1.165) is 37.5 Å². The van der Waals surface area contributed by atoms with Gasteiger partial charge in [-0.3, -0.25) is 4.90 Å². The van der Waals surface area contributed by atoms with Crippen LogP contribution in [0.5, 0.6) is 0 Å². The molecule has 1 aromatic heterocycles. The zero-order valence-corrected chi connectivity index (χ0v) is 21.2. The molecule has 37 heavy (non-hydrogen) atoms. The molecule has 1 saturated carbocycles. The van der Waals surface area contributed by atoms with E-state index in [2.05, 4.69) is 25.5 Å². The molecule has 1 saturated heterocycles. The van der Waals surface area contributed by atoms with E-state index in [0.29, 0.717) is 29.0 Å². The third-order valence-electron chi connectivity index (χ3n) is 7.68. The highest BCUT2D eigenvalue weighted by molar-refractivity contribution is 7.91. The summed E-state index contributed by atoms with van der Waals surface area (Å²) >= 11 is 0. The Labute approximate surface area is 213 Å². The molecule has 0 spiro atoms. The largest absolute Gasteiger partial charge is 0.417 e. The summed E-state index contributed by atoms with van der Waals surface area (Å²) in [4.78, 5) is 1.67. The van der Waals surface area contributed by atoms with Gasteiger partial charge >= 0.3 is 6.18 Å². The molecule has 0 atom stereocenters. The molecule has 2 heterocycles. The number of benzene rings is 2. The molecule has 0 bridgehead atoms. The third kappa shape index (κ3) is 5.14. The Hall–Kier alpha value is -2.83. The highest BCUT2D eigenvalue weighted by Crippen LogP contribution is 2.43. The SMILES string of the molecule is CS(=O)(=O)c1c(C(F)(F)F)ccc(-c2ccc(C3CN(C4CCC(CN)CC4)C3)cc2)c1-c1nnn[nH]1. The molecule has 0 unspecified atom stereocenters. The lowest BCUT2D eigenvalue weighted by molar-refractivity contribution is -0.139. The normalized spacial score (nSPS) is 21.6. The number of nitrogens with zero attached hydrogens (tertiary/aromatic N) is 4. The summed E-state index contributed by atoms with van der Waals surface area (Å²) in [5.74, 6) is 0.884. The molecule has 0 amide bonds. The smallest absolute Gasteiger partial charge is 0.330 e. The number of nitrogens with two attached hydrogens (primary N) is 1. The molecular weight excluding hydrogens is 505 g/mol. The number of aromatic nitrogens is 4. The van der Waals surface area contributed by atoms with Crippen molar-refractivity contribution in [3.05, 3.63) is 47.5 Å². The van der Waals surface area contributed by atoms with Crippen LogP contribution in [0.15, 0.2) is 41.3 Å². The fourth-order valence-electron chi connectivity index (χ4n) is 5.63. The predicted octanol–water partition coefficient (Wildman–Crippen LogP) is 3.87. The van der Waals surface area contributed by atoms with Crippen molar-refractivity contribution >= 4 is 9.84 Å². The number of halogens is 3. The van der Waals surface area contributed by atoms with E-state index in [1.807, 2.05) is 24.3 Å². The summed E-state index contributed by atoms with van der Waals surface area (Å²) in [6.07, 6.45) is 0.614. The zero-order valence-electron chi connectivity index (χ0n) is 20.4. The molecule has 3 N–H and O–H groups in total. The summed E-state index contributed by atoms with van der Waals surface area (Å²) < 4.78 is 66.6. The minimum Gasteiger partial charge on any atom is -0.330 e. The zero-order chi connectivity index (χ0) is 26.4. The van der Waals surface area contributed by atoms with Crippen LogP contribution in [0.4, 0.5) is 13.2 Å². The Morgan fingerprint density at radius 2 is 1.73 bits per heavy atom. The van der Waals surface area contributed by atoms with Crippen LogP contribution in [0, 0.1) is 5.92 Å². The van der Waals surface area contributed by atoms with Crippen molar-refractivity contribution in [2.45, 2.75) is 48.7 Å². The van der Waals surface area contributed by atoms with Gasteiger partial charge < -0.3 is 5.73 Å². The maximum Gasteiger partial charge on any atom is 0.417 e. The van der Waals surface area contributed by atoms with Crippen LogP contribution in [-0.2, 0) is 16.0 Å². The molecule has 0 radical (unpaired) electrons. The lowest BCUT2D eigenvalue weighted by Gasteiger charge is -2.47. The summed E-state index contributed by atoms with van der Waals surface area (Å²) in [5.41, 5.74) is 6.38. The number of hydrogen-bond donors (Lipinski definition) is 2. The van der Waals surface area contributed by atoms with Crippen molar-refractivity contribution in [1.82, 2.24) is 25.5 Å². The molecule has 3 aromatic rings. The first kappa shape index (κ1) is 25.8. The summed E-state index contributed by atoms with van der Waals surface area (Å²) in [6, 6.07) is 10.2. The lowest BCUT2D eigenvalue weighted by atomic mass is 9.81. The maximum atomic E-state index is 13.8. The minimum atomic E-state index is -4.87. The Balaban J connectivity index is 1.43. The van der Waals surface area contributed by atoms with E-state index in [4.69, 9.17) is 5.73 Å². The van der Waals surface area contributed by atoms with Gasteiger partial charge in [-0.25, -0.2) is 13.5 Å². The van der Waals surface area contributed by atoms with Crippen molar-refractivity contribution in [1.29, 1.82) is 0 Å². The fraction of sp³-hybridized carbons (Fsp3) is 0.480. The summed E-state index contributed by atoms with van der Waals surface area (Å²) in [5, 5.41) is 13.1. The Morgan fingerprint density at radius 1 is 1.05 bits per heavy atom. The van der Waals surface area contributed by atoms with E-state index in [-0.39, 0.29) is 11.4 Å². The second-order valence-corrected chi connectivity index (χ2v) is 12.0. The molecule has 12 heteroatoms. The van der Waals surface area contributed by atoms with Crippen LogP contribution >= 0.6 is 0 Å². The average molecular weight is 535 g/mol. The lowest BCUT2D eigenvalue weighted by Crippen LogP contribution is -2.51. The molecule has 1 aliphatic heterocycles. The Morgan fingerprint density at radius 3 is 2.27 bits per heavy atom. The van der Waals surface area contributed by atoms with E-state index >= 15 is 0 Å². The fourth-order valence-corrected chi connectivity index (χ4v) is 6.79. The van der Waals surface area contributed by atoms with Crippen molar-refractivity contribution in [3.8, 4) is 22.5 Å². The highest BCUT2D eigenvalue weighted by Gasteiger charge is 2.39. The second-order valence-electron chi connectivity index (χ2n) is 10.1. The van der Waals surface area contributed by atoms with Gasteiger partial charge in [0.15, 0.2) is 15.7 Å². The second kappa shape index (κ2) is 9.80. The van der Waals surface area contributed by atoms with Crippen molar-refractivity contribution in [3.63, 3.8) is 0 Å². The molecule has 8 nitrogen and oxygen atoms in total. The van der Waals surface area contributed by atoms with Gasteiger partial charge in [0.05, 0.1) is 10.5 Å². The van der Waals surface area contributed by atoms with Crippen molar-refractivity contribution in [2.24, 2.45) is 11.7 Å². The van der Waals surface area contributed by atoms with E-state index in [9.17, 15) is 21.6 Å². The van der Waals surface area contributed by atoms with E-state index in [1.54, 1.807) is 0 Å². The summed E-state index contributed by atoms with van der Waals surface area (Å²) in [7, 11) is -4.29. The number of tetrazole rings is 1. The van der Waals surface area contributed by atoms with Crippen LogP contribution in [-0.4, -0.2) is 65.9 Å². The number of H-pyrrole nitrogens is 1. The molecule has 198 valence electrons. The third-order valence-corrected chi connectivity index (χ3v) is 8.85. The van der Waals surface area contributed by atoms with Crippen LogP contribution in [0.1, 0.15) is 42.7 Å². The molecule has 2 aromatic carbocycles. The van der Waals surface area contributed by atoms with E-state index in [1.165, 1.54) is 31.7 Å². The first-order chi connectivity index (χ1) is 17.6. The van der Waals surface area contributed by atoms with Crippen molar-refractivity contribution < 1.29 is 21.6 Å². The number of nitrogens with one attached hydrogen (secondary N) is 1. The number of sulfone groups is 1. The molecular formula is C25H29F3N6O2S. The van der Waals surface area contributed by atoms with Gasteiger partial charge in [-0.05, 0) is 71.3 Å². The molecule has 5 rings (SSSR count). The van der Waals surface area contributed by atoms with Gasteiger partial charge in [-0.2, -0.15) is 13.2 Å². The Kier molecular flexibility index (Phi) is 6.84. The quantitative estimate of drug-likeness (QED) is 0.493. The number of alkyl halides is 3. The number of rotatable bonds is 6. The van der Waals surface area contributed by atoms with Crippen LogP contribution in [0.2, 0.25) is 0 Å². The van der Waals surface area contributed by atoms with Gasteiger partial charge in [0, 0.05) is 36.9 Å². The monoisotopic (exact) mass is 534 g/mol. The van der Waals surface area contributed by atoms with E-state index < -0.39 is 26.5 Å². The summed E-state index contributed by atoms with van der Waals surface area (Å²) in [6.45, 7) is 2.72. The van der Waals surface area contributed by atoms with Crippen LogP contribution < -0.4 is 5.73 Å². The molecule has 2 fully saturated rings. The van der Waals surface area contributed by atoms with Gasteiger partial charge in [-0.1, -0.05) is 30.3 Å². The Bertz CT molecular complexity index is 1350. The average Bonchev–Trinajstić information content (AvgIpc) is 3.37. The number of hydrogen-bond acceptors (Lipinski definition) is 7. The first-order valence-electron chi connectivity index (χ1n) is 12.3. The maximum absolute atomic E-state index is 13.8. The molecule has 2 aliphatic rings. The standard InChI is InChI=1S/C25H29F3N6O2S/c1-37(35,36)23-21(25(26,27)28)11-10-20(22(23)24-30-32-33-31-24)17-6-4-16(5-7-17)18-13-34(14-18)19-8-2-15(12-29)3-9-19/h4-7,10-11,15,18-19H,2-3,8-9,12-14,29H2,1H3,(H,30,31,32,33). The number of aromatic amines is 1. The van der Waals surface area contributed by atoms with Crippen molar-refractivity contribution in [2.75, 3.05) is 25.9 Å². The predicted molar refractivity (Wildman–Crippen MR) is 132 cm³/mol. The van der Waals surface area contributed by atoms with Gasteiger partial charge in [0.1, 0.15) is 0 Å². The first-order valence-corrected chi connectivity index (χ1v) is 14.2. The molecule has 1 aliphatic carbocycles.